The van der Waals surface area contributed by atoms with Gasteiger partial charge in [-0.3, -0.25) is 0 Å². The molecule has 0 aromatic rings. The van der Waals surface area contributed by atoms with Crippen molar-refractivity contribution in [2.45, 2.75) is 45.3 Å². The standard InChI is InChI=1S/C11H22O2Si/c1-14(2,3)13-10-6-9-12-11-7-4-5-8-11/h7H,4-6,8-10H2,1-3H3. The van der Waals surface area contributed by atoms with Crippen molar-refractivity contribution in [3.63, 3.8) is 0 Å². The fourth-order valence-corrected chi connectivity index (χ4v) is 2.17. The Labute approximate surface area is 88.4 Å². The summed E-state index contributed by atoms with van der Waals surface area (Å²) in [7, 11) is -1.31. The maximum Gasteiger partial charge on any atom is 0.183 e. The Balaban J connectivity index is 1.94. The molecule has 0 aromatic carbocycles. The molecule has 0 radical (unpaired) electrons. The summed E-state index contributed by atoms with van der Waals surface area (Å²) in [5, 5.41) is 0. The van der Waals surface area contributed by atoms with E-state index in [-0.39, 0.29) is 0 Å². The van der Waals surface area contributed by atoms with Crippen molar-refractivity contribution >= 4 is 8.32 Å². The second-order valence-electron chi connectivity index (χ2n) is 4.73. The van der Waals surface area contributed by atoms with E-state index in [2.05, 4.69) is 25.7 Å². The molecule has 0 saturated heterocycles. The van der Waals surface area contributed by atoms with Crippen molar-refractivity contribution in [1.29, 1.82) is 0 Å². The maximum atomic E-state index is 5.73. The van der Waals surface area contributed by atoms with Crippen molar-refractivity contribution in [2.24, 2.45) is 0 Å². The second-order valence-corrected chi connectivity index (χ2v) is 9.24. The lowest BCUT2D eigenvalue weighted by atomic mass is 10.3. The van der Waals surface area contributed by atoms with E-state index in [1.165, 1.54) is 18.6 Å². The van der Waals surface area contributed by atoms with E-state index in [1.54, 1.807) is 0 Å². The third-order valence-electron chi connectivity index (χ3n) is 2.11. The average molecular weight is 214 g/mol. The molecule has 0 fully saturated rings. The lowest BCUT2D eigenvalue weighted by Gasteiger charge is -2.17. The third-order valence-corrected chi connectivity index (χ3v) is 3.18. The first-order chi connectivity index (χ1) is 6.58. The minimum Gasteiger partial charge on any atom is -0.498 e. The summed E-state index contributed by atoms with van der Waals surface area (Å²) in [6.45, 7) is 8.31. The van der Waals surface area contributed by atoms with Crippen LogP contribution in [0, 0.1) is 0 Å². The predicted octanol–water partition coefficient (Wildman–Crippen LogP) is 3.31. The van der Waals surface area contributed by atoms with Gasteiger partial charge in [0.25, 0.3) is 0 Å². The van der Waals surface area contributed by atoms with Crippen LogP contribution in [-0.4, -0.2) is 21.5 Å². The topological polar surface area (TPSA) is 18.5 Å². The van der Waals surface area contributed by atoms with E-state index in [0.717, 1.165) is 26.1 Å². The molecule has 0 aliphatic heterocycles. The summed E-state index contributed by atoms with van der Waals surface area (Å²) in [6, 6.07) is 0. The molecular weight excluding hydrogens is 192 g/mol. The summed E-state index contributed by atoms with van der Waals surface area (Å²) in [5.41, 5.74) is 0. The van der Waals surface area contributed by atoms with Crippen LogP contribution in [0.25, 0.3) is 0 Å². The number of rotatable bonds is 6. The Hall–Kier alpha value is -0.283. The van der Waals surface area contributed by atoms with E-state index in [4.69, 9.17) is 9.16 Å². The summed E-state index contributed by atoms with van der Waals surface area (Å²) in [6.07, 6.45) is 6.82. The molecule has 0 atom stereocenters. The average Bonchev–Trinajstić information content (AvgIpc) is 2.54. The Morgan fingerprint density at radius 1 is 1.29 bits per heavy atom. The van der Waals surface area contributed by atoms with Gasteiger partial charge in [0.05, 0.1) is 12.4 Å². The summed E-state index contributed by atoms with van der Waals surface area (Å²) in [4.78, 5) is 0. The molecule has 3 heteroatoms. The van der Waals surface area contributed by atoms with Gasteiger partial charge in [-0.2, -0.15) is 0 Å². The van der Waals surface area contributed by atoms with Crippen LogP contribution in [0.4, 0.5) is 0 Å². The van der Waals surface area contributed by atoms with E-state index < -0.39 is 8.32 Å². The molecule has 1 aliphatic rings. The molecule has 0 spiro atoms. The van der Waals surface area contributed by atoms with Crippen LogP contribution in [0.15, 0.2) is 11.8 Å². The molecule has 0 bridgehead atoms. The van der Waals surface area contributed by atoms with Crippen LogP contribution < -0.4 is 0 Å². The number of allylic oxidation sites excluding steroid dienone is 2. The number of ether oxygens (including phenoxy) is 1. The van der Waals surface area contributed by atoms with Crippen LogP contribution in [0.1, 0.15) is 25.7 Å². The molecular formula is C11H22O2Si. The first-order valence-electron chi connectivity index (χ1n) is 5.54. The summed E-state index contributed by atoms with van der Waals surface area (Å²) >= 11 is 0. The zero-order chi connectivity index (χ0) is 10.4. The van der Waals surface area contributed by atoms with Crippen molar-refractivity contribution in [2.75, 3.05) is 13.2 Å². The molecule has 0 saturated carbocycles. The van der Waals surface area contributed by atoms with Crippen molar-refractivity contribution in [3.8, 4) is 0 Å². The van der Waals surface area contributed by atoms with Crippen LogP contribution in [-0.2, 0) is 9.16 Å². The SMILES string of the molecule is C[Si](C)(C)OCCCOC1=CCCC1. The van der Waals surface area contributed by atoms with E-state index in [1.807, 2.05) is 0 Å². The highest BCUT2D eigenvalue weighted by Crippen LogP contribution is 2.18. The van der Waals surface area contributed by atoms with Crippen molar-refractivity contribution in [3.05, 3.63) is 11.8 Å². The molecule has 0 N–H and O–H groups in total. The van der Waals surface area contributed by atoms with Crippen LogP contribution in [0.3, 0.4) is 0 Å². The van der Waals surface area contributed by atoms with Gasteiger partial charge in [0, 0.05) is 19.4 Å². The fourth-order valence-electron chi connectivity index (χ4n) is 1.41. The Bertz CT molecular complexity index is 194. The zero-order valence-corrected chi connectivity index (χ0v) is 10.6. The first kappa shape index (κ1) is 11.8. The smallest absolute Gasteiger partial charge is 0.183 e. The quantitative estimate of drug-likeness (QED) is 0.499. The van der Waals surface area contributed by atoms with E-state index >= 15 is 0 Å². The monoisotopic (exact) mass is 214 g/mol. The Morgan fingerprint density at radius 2 is 2.07 bits per heavy atom. The van der Waals surface area contributed by atoms with Crippen molar-refractivity contribution in [1.82, 2.24) is 0 Å². The highest BCUT2D eigenvalue weighted by atomic mass is 28.4. The van der Waals surface area contributed by atoms with E-state index in [0.29, 0.717) is 0 Å². The van der Waals surface area contributed by atoms with Gasteiger partial charge >= 0.3 is 0 Å². The van der Waals surface area contributed by atoms with Crippen LogP contribution in [0.5, 0.6) is 0 Å². The first-order valence-corrected chi connectivity index (χ1v) is 8.94. The zero-order valence-electron chi connectivity index (χ0n) is 9.64. The van der Waals surface area contributed by atoms with Crippen LogP contribution in [0.2, 0.25) is 19.6 Å². The number of hydrogen-bond donors (Lipinski definition) is 0. The Morgan fingerprint density at radius 3 is 2.64 bits per heavy atom. The van der Waals surface area contributed by atoms with Gasteiger partial charge in [0.1, 0.15) is 0 Å². The van der Waals surface area contributed by atoms with Gasteiger partial charge in [-0.15, -0.1) is 0 Å². The van der Waals surface area contributed by atoms with Gasteiger partial charge in [-0.1, -0.05) is 0 Å². The molecule has 14 heavy (non-hydrogen) atoms. The minimum absolute atomic E-state index is 0.816. The highest BCUT2D eigenvalue weighted by molar-refractivity contribution is 6.69. The molecule has 0 unspecified atom stereocenters. The fraction of sp³-hybridized carbons (Fsp3) is 0.818. The number of hydrogen-bond acceptors (Lipinski definition) is 2. The lowest BCUT2D eigenvalue weighted by Crippen LogP contribution is -2.26. The molecule has 2 nitrogen and oxygen atoms in total. The third kappa shape index (κ3) is 5.45. The maximum absolute atomic E-state index is 5.73. The Kier molecular flexibility index (Phi) is 4.68. The van der Waals surface area contributed by atoms with Gasteiger partial charge < -0.3 is 9.16 Å². The predicted molar refractivity (Wildman–Crippen MR) is 61.8 cm³/mol. The van der Waals surface area contributed by atoms with Crippen LogP contribution >= 0.6 is 0 Å². The summed E-state index contributed by atoms with van der Waals surface area (Å²) in [5.74, 6) is 1.19. The van der Waals surface area contributed by atoms with Gasteiger partial charge in [0.2, 0.25) is 0 Å². The molecule has 82 valence electrons. The van der Waals surface area contributed by atoms with E-state index in [9.17, 15) is 0 Å². The van der Waals surface area contributed by atoms with Gasteiger partial charge in [-0.25, -0.2) is 0 Å². The molecule has 0 heterocycles. The van der Waals surface area contributed by atoms with Gasteiger partial charge in [-0.05, 0) is 38.6 Å². The minimum atomic E-state index is -1.31. The molecule has 1 aliphatic carbocycles. The van der Waals surface area contributed by atoms with Gasteiger partial charge in [0.15, 0.2) is 8.32 Å². The lowest BCUT2D eigenvalue weighted by molar-refractivity contribution is 0.177. The highest BCUT2D eigenvalue weighted by Gasteiger charge is 2.13. The van der Waals surface area contributed by atoms with Crippen molar-refractivity contribution < 1.29 is 9.16 Å². The summed E-state index contributed by atoms with van der Waals surface area (Å²) < 4.78 is 11.3. The normalized spacial score (nSPS) is 16.9. The molecule has 0 amide bonds. The largest absolute Gasteiger partial charge is 0.498 e. The second kappa shape index (κ2) is 5.56. The molecule has 1 rings (SSSR count). The molecule has 0 aromatic heterocycles.